The van der Waals surface area contributed by atoms with Crippen molar-refractivity contribution in [2.24, 2.45) is 4.99 Å². The van der Waals surface area contributed by atoms with E-state index in [-0.39, 0.29) is 26.7 Å². The van der Waals surface area contributed by atoms with E-state index in [4.69, 9.17) is 21.1 Å². The van der Waals surface area contributed by atoms with Crippen LogP contribution in [0.25, 0.3) is 5.82 Å². The summed E-state index contributed by atoms with van der Waals surface area (Å²) in [6.07, 6.45) is 3.15. The molecule has 1 aromatic rings. The molecule has 29 heavy (non-hydrogen) atoms. The molecular weight excluding hydrogens is 470 g/mol. The molecule has 0 saturated carbocycles. The third kappa shape index (κ3) is 3.00. The van der Waals surface area contributed by atoms with Crippen LogP contribution >= 0.6 is 27.5 Å². The number of hydrogen-bond acceptors (Lipinski definition) is 6. The average Bonchev–Trinajstić information content (AvgIpc) is 3.17. The van der Waals surface area contributed by atoms with E-state index in [1.54, 1.807) is 18.1 Å². The molecule has 1 N–H and O–H groups in total. The fourth-order valence-electron chi connectivity index (χ4n) is 4.74. The summed E-state index contributed by atoms with van der Waals surface area (Å²) in [5, 5.41) is 4.24. The van der Waals surface area contributed by atoms with Gasteiger partial charge in [0.25, 0.3) is 0 Å². The number of alkyl halides is 1. The summed E-state index contributed by atoms with van der Waals surface area (Å²) in [6, 6.07) is 0. The molecule has 2 saturated heterocycles. The predicted octanol–water partition coefficient (Wildman–Crippen LogP) is 2.20. The van der Waals surface area contributed by atoms with E-state index >= 15 is 4.39 Å². The Balaban J connectivity index is 1.50. The number of hydrogen-bond donors (Lipinski definition) is 1. The van der Waals surface area contributed by atoms with Crippen molar-refractivity contribution in [2.75, 3.05) is 33.4 Å². The van der Waals surface area contributed by atoms with Crippen molar-refractivity contribution in [1.29, 1.82) is 0 Å². The molecule has 1 aromatic carbocycles. The molecule has 5 rings (SSSR count). The van der Waals surface area contributed by atoms with Crippen LogP contribution < -0.4 is 20.6 Å². The molecule has 0 radical (unpaired) electrons. The topological polar surface area (TPSA) is 49.3 Å². The SMILES string of the molecule is CN1C=C(OC[C@@]23CCCN2C[C@H](F)C3)Oc2c(F)c(Br)c(Cl)c3c2=C1NCN=3. The smallest absolute Gasteiger partial charge is 0.302 e. The zero-order valence-corrected chi connectivity index (χ0v) is 18.1. The third-order valence-corrected chi connectivity index (χ3v) is 7.42. The van der Waals surface area contributed by atoms with Crippen LogP contribution in [-0.4, -0.2) is 54.9 Å². The van der Waals surface area contributed by atoms with E-state index in [1.807, 2.05) is 0 Å². The first-order valence-electron chi connectivity index (χ1n) is 9.53. The van der Waals surface area contributed by atoms with Gasteiger partial charge in [-0.05, 0) is 35.3 Å². The van der Waals surface area contributed by atoms with Gasteiger partial charge >= 0.3 is 5.95 Å². The molecule has 0 aliphatic carbocycles. The maximum atomic E-state index is 15.0. The van der Waals surface area contributed by atoms with Gasteiger partial charge in [-0.15, -0.1) is 0 Å². The van der Waals surface area contributed by atoms with Gasteiger partial charge in [-0.3, -0.25) is 9.89 Å². The highest BCUT2D eigenvalue weighted by Crippen LogP contribution is 2.41. The number of benzene rings is 1. The van der Waals surface area contributed by atoms with Gasteiger partial charge in [0.05, 0.1) is 31.8 Å². The Kier molecular flexibility index (Phi) is 4.67. The summed E-state index contributed by atoms with van der Waals surface area (Å²) >= 11 is 9.50. The highest BCUT2D eigenvalue weighted by Gasteiger charge is 2.49. The number of rotatable bonds is 3. The number of ether oxygens (including phenoxy) is 2. The average molecular weight is 490 g/mol. The van der Waals surface area contributed by atoms with E-state index in [2.05, 4.69) is 31.1 Å². The monoisotopic (exact) mass is 488 g/mol. The van der Waals surface area contributed by atoms with Crippen LogP contribution in [0.5, 0.6) is 5.75 Å². The molecule has 0 amide bonds. The van der Waals surface area contributed by atoms with Gasteiger partial charge in [0.2, 0.25) is 0 Å². The first-order chi connectivity index (χ1) is 13.9. The van der Waals surface area contributed by atoms with Gasteiger partial charge in [-0.25, -0.2) is 8.78 Å². The molecule has 2 atom stereocenters. The minimum Gasteiger partial charge on any atom is -0.462 e. The van der Waals surface area contributed by atoms with Gasteiger partial charge < -0.3 is 19.7 Å². The fourth-order valence-corrected chi connectivity index (χ4v) is 5.35. The number of nitrogens with zero attached hydrogens (tertiary/aromatic N) is 3. The molecule has 6 nitrogen and oxygen atoms in total. The second-order valence-corrected chi connectivity index (χ2v) is 9.03. The quantitative estimate of drug-likeness (QED) is 0.660. The largest absolute Gasteiger partial charge is 0.462 e. The zero-order chi connectivity index (χ0) is 20.3. The summed E-state index contributed by atoms with van der Waals surface area (Å²) in [4.78, 5) is 8.29. The summed E-state index contributed by atoms with van der Waals surface area (Å²) < 4.78 is 41.0. The normalized spacial score (nSPS) is 28.0. The molecule has 0 unspecified atom stereocenters. The van der Waals surface area contributed by atoms with E-state index in [9.17, 15) is 4.39 Å². The Morgan fingerprint density at radius 3 is 3.17 bits per heavy atom. The lowest BCUT2D eigenvalue weighted by Crippen LogP contribution is -2.43. The number of nitrogens with one attached hydrogen (secondary N) is 1. The Morgan fingerprint density at radius 1 is 1.52 bits per heavy atom. The molecule has 0 bridgehead atoms. The first kappa shape index (κ1) is 19.4. The molecule has 2 fully saturated rings. The van der Waals surface area contributed by atoms with Crippen LogP contribution in [0.15, 0.2) is 21.6 Å². The maximum absolute atomic E-state index is 15.0. The Bertz CT molecular complexity index is 1040. The summed E-state index contributed by atoms with van der Waals surface area (Å²) in [7, 11) is 1.81. The van der Waals surface area contributed by atoms with E-state index < -0.39 is 12.0 Å². The maximum Gasteiger partial charge on any atom is 0.302 e. The van der Waals surface area contributed by atoms with Gasteiger partial charge in [0.1, 0.15) is 25.3 Å². The zero-order valence-electron chi connectivity index (χ0n) is 15.8. The molecule has 4 aliphatic rings. The molecular formula is C19H20BrClF2N4O2. The van der Waals surface area contributed by atoms with E-state index in [0.29, 0.717) is 42.6 Å². The molecule has 0 aromatic heterocycles. The number of halogens is 4. The van der Waals surface area contributed by atoms with Crippen molar-refractivity contribution in [3.63, 3.8) is 0 Å². The second-order valence-electron chi connectivity index (χ2n) is 7.86. The molecule has 156 valence electrons. The lowest BCUT2D eigenvalue weighted by Gasteiger charge is -2.31. The molecule has 4 aliphatic heterocycles. The van der Waals surface area contributed by atoms with Gasteiger partial charge in [-0.1, -0.05) is 11.6 Å². The van der Waals surface area contributed by atoms with E-state index in [0.717, 1.165) is 19.4 Å². The van der Waals surface area contributed by atoms with Crippen molar-refractivity contribution >= 4 is 33.4 Å². The molecule has 10 heteroatoms. The number of fused-ring (bicyclic) bond motifs is 1. The van der Waals surface area contributed by atoms with Crippen LogP contribution in [0.3, 0.4) is 0 Å². The lowest BCUT2D eigenvalue weighted by atomic mass is 9.95. The Morgan fingerprint density at radius 2 is 2.34 bits per heavy atom. The Hall–Kier alpha value is -1.58. The fraction of sp³-hybridized carbons (Fsp3) is 0.526. The highest BCUT2D eigenvalue weighted by atomic mass is 79.9. The first-order valence-corrected chi connectivity index (χ1v) is 10.7. The van der Waals surface area contributed by atoms with Crippen molar-refractivity contribution < 1.29 is 18.3 Å². The third-order valence-electron chi connectivity index (χ3n) is 6.08. The van der Waals surface area contributed by atoms with Crippen molar-refractivity contribution in [3.8, 4) is 5.75 Å². The summed E-state index contributed by atoms with van der Waals surface area (Å²) in [6.45, 7) is 1.92. The van der Waals surface area contributed by atoms with Crippen molar-refractivity contribution in [1.82, 2.24) is 15.1 Å². The highest BCUT2D eigenvalue weighted by molar-refractivity contribution is 9.10. The van der Waals surface area contributed by atoms with Crippen LogP contribution in [0.2, 0.25) is 5.02 Å². The Labute approximate surface area is 179 Å². The van der Waals surface area contributed by atoms with Crippen LogP contribution in [0, 0.1) is 5.82 Å². The van der Waals surface area contributed by atoms with Gasteiger partial charge in [-0.2, -0.15) is 0 Å². The molecule has 0 spiro atoms. The molecule has 4 heterocycles. The summed E-state index contributed by atoms with van der Waals surface area (Å²) in [5.41, 5.74) is -0.324. The van der Waals surface area contributed by atoms with Gasteiger partial charge in [0, 0.05) is 20.0 Å². The summed E-state index contributed by atoms with van der Waals surface area (Å²) in [5.74, 6) is 0.144. The standard InChI is InChI=1S/C19H20BrClF2N4O2/c1-26-7-11(28-8-19-3-2-4-27(19)6-10(22)5-19)29-17-12-16(24-9-25-18(12)26)14(21)13(20)15(17)23/h7,10,25H,2-6,8-9H2,1H3/t10-,19+/m1/s1. The van der Waals surface area contributed by atoms with E-state index in [1.165, 1.54) is 0 Å². The van der Waals surface area contributed by atoms with Crippen molar-refractivity contribution in [2.45, 2.75) is 31.0 Å². The van der Waals surface area contributed by atoms with Crippen molar-refractivity contribution in [3.05, 3.63) is 38.0 Å². The lowest BCUT2D eigenvalue weighted by molar-refractivity contribution is 0.0259. The minimum absolute atomic E-state index is 0.00612. The minimum atomic E-state index is -0.843. The predicted molar refractivity (Wildman–Crippen MR) is 107 cm³/mol. The van der Waals surface area contributed by atoms with Gasteiger partial charge in [0.15, 0.2) is 11.6 Å². The van der Waals surface area contributed by atoms with Crippen LogP contribution in [0.1, 0.15) is 19.3 Å². The second kappa shape index (κ2) is 6.99. The van der Waals surface area contributed by atoms with Crippen LogP contribution in [0.4, 0.5) is 8.78 Å². The van der Waals surface area contributed by atoms with Crippen LogP contribution in [-0.2, 0) is 4.74 Å².